The van der Waals surface area contributed by atoms with Gasteiger partial charge in [-0.1, -0.05) is 6.92 Å². The topological polar surface area (TPSA) is 93.8 Å². The highest BCUT2D eigenvalue weighted by atomic mass is 31.2. The number of rotatable bonds is 8. The van der Waals surface area contributed by atoms with Gasteiger partial charge in [-0.2, -0.15) is 0 Å². The van der Waals surface area contributed by atoms with Crippen molar-refractivity contribution in [2.75, 3.05) is 20.3 Å². The molecule has 0 aliphatic rings. The van der Waals surface area contributed by atoms with Crippen molar-refractivity contribution in [3.8, 4) is 0 Å². The van der Waals surface area contributed by atoms with E-state index in [2.05, 4.69) is 9.84 Å². The second-order valence-corrected chi connectivity index (χ2v) is 4.03. The average Bonchev–Trinajstić information content (AvgIpc) is 2.23. The van der Waals surface area contributed by atoms with E-state index in [1.807, 2.05) is 6.92 Å². The standard InChI is InChI=1S/C8H19N2O4P/c1-3-7(6-14-15(12)13-2)10-8(11)4-5-9/h7,12H,3-6,9H2,1-2H3,(H,10,11). The van der Waals surface area contributed by atoms with Crippen LogP contribution in [0.5, 0.6) is 0 Å². The minimum atomic E-state index is -1.83. The van der Waals surface area contributed by atoms with Gasteiger partial charge in [-0.3, -0.25) is 4.79 Å². The minimum absolute atomic E-state index is 0.104. The Balaban J connectivity index is 3.77. The average molecular weight is 238 g/mol. The smallest absolute Gasteiger partial charge is 0.329 e. The number of hydrogen-bond donors (Lipinski definition) is 3. The zero-order valence-electron chi connectivity index (χ0n) is 9.10. The summed E-state index contributed by atoms with van der Waals surface area (Å²) in [6.45, 7) is 2.49. The van der Waals surface area contributed by atoms with Gasteiger partial charge in [0.1, 0.15) is 0 Å². The van der Waals surface area contributed by atoms with Crippen LogP contribution < -0.4 is 11.1 Å². The zero-order valence-corrected chi connectivity index (χ0v) is 10.00. The van der Waals surface area contributed by atoms with Gasteiger partial charge in [0.25, 0.3) is 0 Å². The Bertz CT molecular complexity index is 182. The van der Waals surface area contributed by atoms with Crippen molar-refractivity contribution in [2.45, 2.75) is 25.8 Å². The predicted octanol–water partition coefficient (Wildman–Crippen LogP) is 0.112. The van der Waals surface area contributed by atoms with Crippen LogP contribution in [-0.4, -0.2) is 37.1 Å². The zero-order chi connectivity index (χ0) is 11.7. The molecule has 7 heteroatoms. The molecule has 0 heterocycles. The van der Waals surface area contributed by atoms with E-state index in [0.29, 0.717) is 13.0 Å². The summed E-state index contributed by atoms with van der Waals surface area (Å²) in [5.41, 5.74) is 5.24. The molecule has 4 N–H and O–H groups in total. The molecule has 0 aromatic rings. The maximum absolute atomic E-state index is 11.2. The molecule has 15 heavy (non-hydrogen) atoms. The first-order chi connectivity index (χ1) is 7.13. The van der Waals surface area contributed by atoms with E-state index >= 15 is 0 Å². The summed E-state index contributed by atoms with van der Waals surface area (Å²) in [6, 6.07) is -0.114. The molecule has 0 radical (unpaired) electrons. The third kappa shape index (κ3) is 7.64. The third-order valence-corrected chi connectivity index (χ3v) is 2.45. The van der Waals surface area contributed by atoms with Gasteiger partial charge in [-0.25, -0.2) is 0 Å². The molecule has 0 aliphatic heterocycles. The van der Waals surface area contributed by atoms with E-state index in [4.69, 9.17) is 15.2 Å². The number of carbonyl (C=O) groups excluding carboxylic acids is 1. The largest absolute Gasteiger partial charge is 0.351 e. The number of hydrogen-bond acceptors (Lipinski definition) is 5. The van der Waals surface area contributed by atoms with Gasteiger partial charge in [0.2, 0.25) is 5.91 Å². The first-order valence-electron chi connectivity index (χ1n) is 4.79. The number of nitrogens with one attached hydrogen (secondary N) is 1. The lowest BCUT2D eigenvalue weighted by Crippen LogP contribution is -2.38. The fourth-order valence-electron chi connectivity index (χ4n) is 0.899. The molecule has 0 saturated carbocycles. The monoisotopic (exact) mass is 238 g/mol. The molecular formula is C8H19N2O4P. The maximum Gasteiger partial charge on any atom is 0.329 e. The number of nitrogens with two attached hydrogens (primary N) is 1. The summed E-state index contributed by atoms with van der Waals surface area (Å²) in [4.78, 5) is 20.2. The summed E-state index contributed by atoms with van der Waals surface area (Å²) >= 11 is 0. The summed E-state index contributed by atoms with van der Waals surface area (Å²) in [5, 5.41) is 2.75. The van der Waals surface area contributed by atoms with Gasteiger partial charge in [0, 0.05) is 20.1 Å². The van der Waals surface area contributed by atoms with E-state index in [-0.39, 0.29) is 18.6 Å². The highest BCUT2D eigenvalue weighted by Gasteiger charge is 2.12. The van der Waals surface area contributed by atoms with E-state index in [9.17, 15) is 4.79 Å². The van der Waals surface area contributed by atoms with Crippen LogP contribution in [0.15, 0.2) is 0 Å². The van der Waals surface area contributed by atoms with Crippen molar-refractivity contribution in [3.05, 3.63) is 0 Å². The van der Waals surface area contributed by atoms with Crippen molar-refractivity contribution in [2.24, 2.45) is 5.73 Å². The fourth-order valence-corrected chi connectivity index (χ4v) is 1.31. The molecule has 0 saturated heterocycles. The van der Waals surface area contributed by atoms with E-state index in [1.54, 1.807) is 0 Å². The van der Waals surface area contributed by atoms with Gasteiger partial charge in [-0.05, 0) is 6.42 Å². The van der Waals surface area contributed by atoms with Crippen molar-refractivity contribution >= 4 is 14.5 Å². The van der Waals surface area contributed by atoms with Crippen molar-refractivity contribution < 1.29 is 18.7 Å². The minimum Gasteiger partial charge on any atom is -0.351 e. The van der Waals surface area contributed by atoms with Crippen molar-refractivity contribution in [1.29, 1.82) is 0 Å². The molecule has 0 aromatic carbocycles. The van der Waals surface area contributed by atoms with Gasteiger partial charge in [-0.15, -0.1) is 0 Å². The molecule has 90 valence electrons. The molecule has 0 fully saturated rings. The Morgan fingerprint density at radius 3 is 2.80 bits per heavy atom. The SMILES string of the molecule is CCC(COP(O)OC)NC(=O)CCN. The quantitative estimate of drug-likeness (QED) is 0.522. The van der Waals surface area contributed by atoms with Crippen LogP contribution >= 0.6 is 8.60 Å². The summed E-state index contributed by atoms with van der Waals surface area (Å²) < 4.78 is 9.54. The predicted molar refractivity (Wildman–Crippen MR) is 58.0 cm³/mol. The van der Waals surface area contributed by atoms with Gasteiger partial charge in [0.15, 0.2) is 0 Å². The fraction of sp³-hybridized carbons (Fsp3) is 0.875. The molecule has 2 atom stereocenters. The van der Waals surface area contributed by atoms with Crippen LogP contribution in [0.1, 0.15) is 19.8 Å². The number of carbonyl (C=O) groups is 1. The van der Waals surface area contributed by atoms with E-state index in [0.717, 1.165) is 6.42 Å². The third-order valence-electron chi connectivity index (χ3n) is 1.77. The Hall–Kier alpha value is -0.260. The van der Waals surface area contributed by atoms with Crippen molar-refractivity contribution in [1.82, 2.24) is 5.32 Å². The lowest BCUT2D eigenvalue weighted by Gasteiger charge is -2.17. The van der Waals surface area contributed by atoms with E-state index < -0.39 is 8.60 Å². The molecular weight excluding hydrogens is 219 g/mol. The van der Waals surface area contributed by atoms with Crippen LogP contribution in [0, 0.1) is 0 Å². The molecule has 0 aliphatic carbocycles. The molecule has 1 amide bonds. The summed E-state index contributed by atoms with van der Waals surface area (Å²) in [7, 11) is -0.465. The Morgan fingerprint density at radius 1 is 1.67 bits per heavy atom. The highest BCUT2D eigenvalue weighted by Crippen LogP contribution is 2.31. The van der Waals surface area contributed by atoms with Gasteiger partial charge >= 0.3 is 8.60 Å². The van der Waals surface area contributed by atoms with Gasteiger partial charge < -0.3 is 25.0 Å². The number of amides is 1. The Kier molecular flexibility index (Phi) is 8.85. The molecule has 6 nitrogen and oxygen atoms in total. The lowest BCUT2D eigenvalue weighted by atomic mass is 10.2. The van der Waals surface area contributed by atoms with Crippen LogP contribution in [0.3, 0.4) is 0 Å². The maximum atomic E-state index is 11.2. The Labute approximate surface area is 91.1 Å². The van der Waals surface area contributed by atoms with Crippen LogP contribution in [0.25, 0.3) is 0 Å². The highest BCUT2D eigenvalue weighted by molar-refractivity contribution is 7.40. The first kappa shape index (κ1) is 14.7. The normalized spacial score (nSPS) is 14.7. The second kappa shape index (κ2) is 9.00. The molecule has 0 rings (SSSR count). The van der Waals surface area contributed by atoms with Gasteiger partial charge in [0.05, 0.1) is 12.6 Å². The van der Waals surface area contributed by atoms with Crippen LogP contribution in [0.2, 0.25) is 0 Å². The first-order valence-corrected chi connectivity index (χ1v) is 5.92. The summed E-state index contributed by atoms with van der Waals surface area (Å²) in [6.07, 6.45) is 1.03. The second-order valence-electron chi connectivity index (χ2n) is 2.93. The van der Waals surface area contributed by atoms with Crippen LogP contribution in [-0.2, 0) is 13.8 Å². The summed E-state index contributed by atoms with van der Waals surface area (Å²) in [5.74, 6) is -0.104. The molecule has 0 bridgehead atoms. The van der Waals surface area contributed by atoms with Crippen LogP contribution in [0.4, 0.5) is 0 Å². The molecule has 2 unspecified atom stereocenters. The Morgan fingerprint density at radius 2 is 2.33 bits per heavy atom. The lowest BCUT2D eigenvalue weighted by molar-refractivity contribution is -0.121. The van der Waals surface area contributed by atoms with Crippen molar-refractivity contribution in [3.63, 3.8) is 0 Å². The molecule has 0 spiro atoms. The molecule has 0 aromatic heterocycles. The van der Waals surface area contributed by atoms with E-state index in [1.165, 1.54) is 7.11 Å².